The zero-order chi connectivity index (χ0) is 12.0. The lowest BCUT2D eigenvalue weighted by Gasteiger charge is -2.32. The molecule has 0 saturated carbocycles. The van der Waals surface area contributed by atoms with Crippen LogP contribution in [0, 0.1) is 5.92 Å². The fourth-order valence-electron chi connectivity index (χ4n) is 2.19. The van der Waals surface area contributed by atoms with Crippen LogP contribution in [0.1, 0.15) is 39.0 Å². The van der Waals surface area contributed by atoms with Gasteiger partial charge in [-0.05, 0) is 44.7 Å². The summed E-state index contributed by atoms with van der Waals surface area (Å²) in [5, 5.41) is 8.62. The van der Waals surface area contributed by atoms with Crippen LogP contribution in [0.15, 0.2) is 12.2 Å². The summed E-state index contributed by atoms with van der Waals surface area (Å²) >= 11 is 0. The SMILES string of the molecule is C=C(CC)CN1CCC(CCC(=O)O)CC1. The van der Waals surface area contributed by atoms with Gasteiger partial charge in [0.05, 0.1) is 0 Å². The molecule has 0 aromatic carbocycles. The minimum absolute atomic E-state index is 0.326. The third-order valence-corrected chi connectivity index (χ3v) is 3.42. The Labute approximate surface area is 98.1 Å². The minimum atomic E-state index is -0.665. The second-order valence-electron chi connectivity index (χ2n) is 4.76. The number of carboxylic acid groups (broad SMARTS) is 1. The number of carboxylic acids is 1. The van der Waals surface area contributed by atoms with Gasteiger partial charge in [0.15, 0.2) is 0 Å². The van der Waals surface area contributed by atoms with E-state index >= 15 is 0 Å². The van der Waals surface area contributed by atoms with Crippen molar-refractivity contribution in [2.24, 2.45) is 5.92 Å². The Hall–Kier alpha value is -0.830. The Bertz CT molecular complexity index is 242. The number of piperidine rings is 1. The molecule has 1 fully saturated rings. The van der Waals surface area contributed by atoms with E-state index in [1.165, 1.54) is 5.57 Å². The maximum atomic E-state index is 10.5. The third kappa shape index (κ3) is 4.79. The summed E-state index contributed by atoms with van der Waals surface area (Å²) in [6.07, 6.45) is 4.51. The number of hydrogen-bond acceptors (Lipinski definition) is 2. The van der Waals surface area contributed by atoms with Gasteiger partial charge < -0.3 is 5.11 Å². The summed E-state index contributed by atoms with van der Waals surface area (Å²) in [4.78, 5) is 12.9. The molecule has 1 aliphatic heterocycles. The van der Waals surface area contributed by atoms with Gasteiger partial charge in [0.2, 0.25) is 0 Å². The Morgan fingerprint density at radius 3 is 2.56 bits per heavy atom. The van der Waals surface area contributed by atoms with Crippen LogP contribution in [0.3, 0.4) is 0 Å². The van der Waals surface area contributed by atoms with Crippen molar-refractivity contribution in [2.75, 3.05) is 19.6 Å². The van der Waals surface area contributed by atoms with E-state index in [1.54, 1.807) is 0 Å². The first-order valence-corrected chi connectivity index (χ1v) is 6.22. The van der Waals surface area contributed by atoms with E-state index in [2.05, 4.69) is 18.4 Å². The molecule has 1 saturated heterocycles. The van der Waals surface area contributed by atoms with Crippen LogP contribution in [0.2, 0.25) is 0 Å². The number of nitrogens with zero attached hydrogens (tertiary/aromatic N) is 1. The van der Waals surface area contributed by atoms with E-state index in [4.69, 9.17) is 5.11 Å². The lowest BCUT2D eigenvalue weighted by atomic mass is 9.92. The molecule has 0 radical (unpaired) electrons. The maximum absolute atomic E-state index is 10.5. The molecule has 0 bridgehead atoms. The molecular weight excluding hydrogens is 202 g/mol. The van der Waals surface area contributed by atoms with Crippen LogP contribution < -0.4 is 0 Å². The standard InChI is InChI=1S/C13H23NO2/c1-3-11(2)10-14-8-6-12(7-9-14)4-5-13(15)16/h12H,2-10H2,1H3,(H,15,16). The lowest BCUT2D eigenvalue weighted by Crippen LogP contribution is -2.35. The van der Waals surface area contributed by atoms with E-state index < -0.39 is 5.97 Å². The fraction of sp³-hybridized carbons (Fsp3) is 0.769. The lowest BCUT2D eigenvalue weighted by molar-refractivity contribution is -0.137. The summed E-state index contributed by atoms with van der Waals surface area (Å²) in [5.41, 5.74) is 1.30. The molecule has 3 nitrogen and oxygen atoms in total. The first-order valence-electron chi connectivity index (χ1n) is 6.22. The minimum Gasteiger partial charge on any atom is -0.481 e. The van der Waals surface area contributed by atoms with E-state index in [9.17, 15) is 4.79 Å². The number of aliphatic carboxylic acids is 1. The molecule has 0 atom stereocenters. The molecule has 1 N–H and O–H groups in total. The normalized spacial score (nSPS) is 18.6. The molecule has 3 heteroatoms. The number of likely N-dealkylation sites (tertiary alicyclic amines) is 1. The van der Waals surface area contributed by atoms with E-state index in [-0.39, 0.29) is 0 Å². The van der Waals surface area contributed by atoms with Gasteiger partial charge in [-0.25, -0.2) is 0 Å². The van der Waals surface area contributed by atoms with Crippen molar-refractivity contribution in [3.8, 4) is 0 Å². The van der Waals surface area contributed by atoms with Crippen molar-refractivity contribution in [1.29, 1.82) is 0 Å². The highest BCUT2D eigenvalue weighted by Gasteiger charge is 2.19. The highest BCUT2D eigenvalue weighted by molar-refractivity contribution is 5.66. The van der Waals surface area contributed by atoms with Crippen LogP contribution in [0.25, 0.3) is 0 Å². The Morgan fingerprint density at radius 2 is 2.06 bits per heavy atom. The molecule has 16 heavy (non-hydrogen) atoms. The summed E-state index contributed by atoms with van der Waals surface area (Å²) < 4.78 is 0. The van der Waals surface area contributed by atoms with Crippen LogP contribution in [0.4, 0.5) is 0 Å². The first kappa shape index (κ1) is 13.2. The average molecular weight is 225 g/mol. The fourth-order valence-corrected chi connectivity index (χ4v) is 2.19. The van der Waals surface area contributed by atoms with Crippen molar-refractivity contribution in [3.63, 3.8) is 0 Å². The van der Waals surface area contributed by atoms with Crippen LogP contribution in [0.5, 0.6) is 0 Å². The van der Waals surface area contributed by atoms with Gasteiger partial charge in [-0.2, -0.15) is 0 Å². The third-order valence-electron chi connectivity index (χ3n) is 3.42. The molecule has 92 valence electrons. The monoisotopic (exact) mass is 225 g/mol. The Kier molecular flexibility index (Phi) is 5.53. The maximum Gasteiger partial charge on any atom is 0.303 e. The Balaban J connectivity index is 2.18. The van der Waals surface area contributed by atoms with Crippen molar-refractivity contribution < 1.29 is 9.90 Å². The molecule has 1 rings (SSSR count). The van der Waals surface area contributed by atoms with Crippen LogP contribution in [-0.2, 0) is 4.79 Å². The molecule has 0 spiro atoms. The van der Waals surface area contributed by atoms with Gasteiger partial charge in [0.1, 0.15) is 0 Å². The predicted molar refractivity (Wildman–Crippen MR) is 65.5 cm³/mol. The first-order chi connectivity index (χ1) is 7.61. The van der Waals surface area contributed by atoms with Gasteiger partial charge in [0, 0.05) is 13.0 Å². The summed E-state index contributed by atoms with van der Waals surface area (Å²) in [6.45, 7) is 9.38. The van der Waals surface area contributed by atoms with Gasteiger partial charge in [-0.15, -0.1) is 0 Å². The molecule has 1 aliphatic rings. The quantitative estimate of drug-likeness (QED) is 0.706. The molecule has 0 aliphatic carbocycles. The van der Waals surface area contributed by atoms with Crippen molar-refractivity contribution in [1.82, 2.24) is 4.90 Å². The van der Waals surface area contributed by atoms with Crippen molar-refractivity contribution in [2.45, 2.75) is 39.0 Å². The highest BCUT2D eigenvalue weighted by atomic mass is 16.4. The van der Waals surface area contributed by atoms with Gasteiger partial charge in [-0.3, -0.25) is 9.69 Å². The van der Waals surface area contributed by atoms with Gasteiger partial charge in [0.25, 0.3) is 0 Å². The number of hydrogen-bond donors (Lipinski definition) is 1. The molecule has 0 aromatic heterocycles. The van der Waals surface area contributed by atoms with Gasteiger partial charge >= 0.3 is 5.97 Å². The van der Waals surface area contributed by atoms with E-state index in [1.807, 2.05) is 0 Å². The topological polar surface area (TPSA) is 40.5 Å². The van der Waals surface area contributed by atoms with Crippen molar-refractivity contribution >= 4 is 5.97 Å². The second-order valence-corrected chi connectivity index (χ2v) is 4.76. The largest absolute Gasteiger partial charge is 0.481 e. The molecule has 0 unspecified atom stereocenters. The van der Waals surface area contributed by atoms with Crippen LogP contribution >= 0.6 is 0 Å². The van der Waals surface area contributed by atoms with E-state index in [0.717, 1.165) is 45.3 Å². The van der Waals surface area contributed by atoms with Crippen molar-refractivity contribution in [3.05, 3.63) is 12.2 Å². The zero-order valence-corrected chi connectivity index (χ0v) is 10.2. The smallest absolute Gasteiger partial charge is 0.303 e. The second kappa shape index (κ2) is 6.69. The summed E-state index contributed by atoms with van der Waals surface area (Å²) in [7, 11) is 0. The molecule has 1 heterocycles. The number of rotatable bonds is 6. The molecule has 0 amide bonds. The summed E-state index contributed by atoms with van der Waals surface area (Å²) in [5.74, 6) is -0.0518. The predicted octanol–water partition coefficient (Wildman–Crippen LogP) is 2.53. The highest BCUT2D eigenvalue weighted by Crippen LogP contribution is 2.22. The zero-order valence-electron chi connectivity index (χ0n) is 10.2. The molecular formula is C13H23NO2. The Morgan fingerprint density at radius 1 is 1.44 bits per heavy atom. The number of carbonyl (C=O) groups is 1. The van der Waals surface area contributed by atoms with Crippen LogP contribution in [-0.4, -0.2) is 35.6 Å². The van der Waals surface area contributed by atoms with E-state index in [0.29, 0.717) is 12.3 Å². The molecule has 0 aromatic rings. The summed E-state index contributed by atoms with van der Waals surface area (Å²) in [6, 6.07) is 0. The average Bonchev–Trinajstić information content (AvgIpc) is 2.28. The van der Waals surface area contributed by atoms with Gasteiger partial charge in [-0.1, -0.05) is 19.1 Å².